The molecule has 0 heterocycles. The lowest BCUT2D eigenvalue weighted by Crippen LogP contribution is -2.13. The number of hydrogen-bond acceptors (Lipinski definition) is 3. The zero-order valence-electron chi connectivity index (χ0n) is 14.1. The Morgan fingerprint density at radius 3 is 2.32 bits per heavy atom. The zero-order valence-corrected chi connectivity index (χ0v) is 14.1. The van der Waals surface area contributed by atoms with Crippen molar-refractivity contribution >= 4 is 6.16 Å². The van der Waals surface area contributed by atoms with Crippen LogP contribution in [0.1, 0.15) is 76.9 Å². The first-order valence-corrected chi connectivity index (χ1v) is 8.66. The molecule has 0 saturated heterocycles. The summed E-state index contributed by atoms with van der Waals surface area (Å²) in [6.07, 6.45) is 8.02. The van der Waals surface area contributed by atoms with Crippen LogP contribution in [0.3, 0.4) is 0 Å². The molecule has 3 heteroatoms. The molecule has 124 valence electrons. The first-order valence-electron chi connectivity index (χ1n) is 8.66. The number of carbonyl (C=O) groups is 1. The van der Waals surface area contributed by atoms with Gasteiger partial charge in [-0.25, -0.2) is 4.79 Å². The SMILES string of the molecule is CCCCCCCC(OC(=O)OCCCC)c1ccccc1. The van der Waals surface area contributed by atoms with Gasteiger partial charge >= 0.3 is 6.16 Å². The van der Waals surface area contributed by atoms with Crippen molar-refractivity contribution in [2.45, 2.75) is 71.3 Å². The molecule has 0 saturated carbocycles. The molecule has 1 aromatic rings. The highest BCUT2D eigenvalue weighted by Crippen LogP contribution is 2.24. The molecule has 22 heavy (non-hydrogen) atoms. The van der Waals surface area contributed by atoms with Crippen LogP contribution in [0, 0.1) is 0 Å². The van der Waals surface area contributed by atoms with E-state index >= 15 is 0 Å². The third-order valence-corrected chi connectivity index (χ3v) is 3.70. The second-order valence-electron chi connectivity index (χ2n) is 5.67. The smallest absolute Gasteiger partial charge is 0.434 e. The average Bonchev–Trinajstić information content (AvgIpc) is 2.54. The van der Waals surface area contributed by atoms with Gasteiger partial charge in [-0.1, -0.05) is 76.3 Å². The molecule has 3 nitrogen and oxygen atoms in total. The summed E-state index contributed by atoms with van der Waals surface area (Å²) in [5, 5.41) is 0. The molecule has 0 spiro atoms. The molecular formula is C19H30O3. The van der Waals surface area contributed by atoms with Gasteiger partial charge in [0.2, 0.25) is 0 Å². The molecule has 1 atom stereocenters. The van der Waals surface area contributed by atoms with E-state index in [1.54, 1.807) is 0 Å². The number of carbonyl (C=O) groups excluding carboxylic acids is 1. The maximum atomic E-state index is 11.8. The van der Waals surface area contributed by atoms with Crippen molar-refractivity contribution in [3.05, 3.63) is 35.9 Å². The second kappa shape index (κ2) is 12.1. The van der Waals surface area contributed by atoms with Gasteiger partial charge in [-0.15, -0.1) is 0 Å². The summed E-state index contributed by atoms with van der Waals surface area (Å²) >= 11 is 0. The topological polar surface area (TPSA) is 35.5 Å². The van der Waals surface area contributed by atoms with E-state index in [2.05, 4.69) is 13.8 Å². The van der Waals surface area contributed by atoms with Crippen molar-refractivity contribution in [2.75, 3.05) is 6.61 Å². The van der Waals surface area contributed by atoms with Gasteiger partial charge in [-0.2, -0.15) is 0 Å². The normalized spacial score (nSPS) is 11.9. The second-order valence-corrected chi connectivity index (χ2v) is 5.67. The highest BCUT2D eigenvalue weighted by molar-refractivity contribution is 5.60. The number of unbranched alkanes of at least 4 members (excludes halogenated alkanes) is 5. The van der Waals surface area contributed by atoms with Crippen LogP contribution in [0.2, 0.25) is 0 Å². The Kier molecular flexibility index (Phi) is 10.2. The molecule has 0 bridgehead atoms. The van der Waals surface area contributed by atoms with E-state index in [-0.39, 0.29) is 6.10 Å². The molecule has 0 fully saturated rings. The maximum Gasteiger partial charge on any atom is 0.508 e. The minimum atomic E-state index is -0.545. The Morgan fingerprint density at radius 2 is 1.64 bits per heavy atom. The van der Waals surface area contributed by atoms with Crippen LogP contribution in [0.4, 0.5) is 4.79 Å². The lowest BCUT2D eigenvalue weighted by Gasteiger charge is -2.18. The fraction of sp³-hybridized carbons (Fsp3) is 0.632. The van der Waals surface area contributed by atoms with E-state index in [9.17, 15) is 4.79 Å². The predicted molar refractivity (Wildman–Crippen MR) is 89.9 cm³/mol. The van der Waals surface area contributed by atoms with Crippen molar-refractivity contribution in [3.8, 4) is 0 Å². The number of benzene rings is 1. The molecule has 0 aliphatic rings. The fourth-order valence-corrected chi connectivity index (χ4v) is 2.34. The van der Waals surface area contributed by atoms with Gasteiger partial charge in [0.05, 0.1) is 6.61 Å². The summed E-state index contributed by atoms with van der Waals surface area (Å²) in [7, 11) is 0. The largest absolute Gasteiger partial charge is 0.508 e. The summed E-state index contributed by atoms with van der Waals surface area (Å²) in [4.78, 5) is 11.8. The molecule has 1 aromatic carbocycles. The maximum absolute atomic E-state index is 11.8. The van der Waals surface area contributed by atoms with E-state index in [1.807, 2.05) is 30.3 Å². The minimum Gasteiger partial charge on any atom is -0.434 e. The lowest BCUT2D eigenvalue weighted by molar-refractivity contribution is 0.0184. The Hall–Kier alpha value is -1.51. The minimum absolute atomic E-state index is 0.197. The van der Waals surface area contributed by atoms with E-state index in [1.165, 1.54) is 25.7 Å². The third kappa shape index (κ3) is 8.06. The van der Waals surface area contributed by atoms with E-state index in [4.69, 9.17) is 9.47 Å². The van der Waals surface area contributed by atoms with Crippen LogP contribution < -0.4 is 0 Å². The summed E-state index contributed by atoms with van der Waals surface area (Å²) in [6.45, 7) is 4.72. The number of rotatable bonds is 11. The first-order chi connectivity index (χ1) is 10.8. The van der Waals surface area contributed by atoms with Crippen LogP contribution in [0.5, 0.6) is 0 Å². The predicted octanol–water partition coefficient (Wildman–Crippen LogP) is 6.04. The number of ether oxygens (including phenoxy) is 2. The van der Waals surface area contributed by atoms with Crippen molar-refractivity contribution < 1.29 is 14.3 Å². The molecule has 0 radical (unpaired) electrons. The van der Waals surface area contributed by atoms with Crippen molar-refractivity contribution in [1.82, 2.24) is 0 Å². The Labute approximate surface area is 135 Å². The summed E-state index contributed by atoms with van der Waals surface area (Å²) in [5.74, 6) is 0. The van der Waals surface area contributed by atoms with Gasteiger partial charge in [0.15, 0.2) is 0 Å². The Morgan fingerprint density at radius 1 is 0.955 bits per heavy atom. The van der Waals surface area contributed by atoms with Crippen molar-refractivity contribution in [2.24, 2.45) is 0 Å². The molecule has 1 rings (SSSR count). The van der Waals surface area contributed by atoms with Gasteiger partial charge in [-0.05, 0) is 24.8 Å². The highest BCUT2D eigenvalue weighted by atomic mass is 16.7. The summed E-state index contributed by atoms with van der Waals surface area (Å²) in [5.41, 5.74) is 1.05. The molecule has 0 N–H and O–H groups in total. The van der Waals surface area contributed by atoms with E-state index < -0.39 is 6.16 Å². The Bertz CT molecular complexity index is 389. The van der Waals surface area contributed by atoms with Crippen LogP contribution in [-0.4, -0.2) is 12.8 Å². The van der Waals surface area contributed by atoms with Gasteiger partial charge in [-0.3, -0.25) is 0 Å². The molecular weight excluding hydrogens is 276 g/mol. The van der Waals surface area contributed by atoms with Gasteiger partial charge in [0, 0.05) is 0 Å². The van der Waals surface area contributed by atoms with Crippen LogP contribution in [0.15, 0.2) is 30.3 Å². The van der Waals surface area contributed by atoms with Crippen LogP contribution in [0.25, 0.3) is 0 Å². The van der Waals surface area contributed by atoms with Gasteiger partial charge in [0.1, 0.15) is 6.10 Å². The summed E-state index contributed by atoms with van der Waals surface area (Å²) < 4.78 is 10.6. The molecule has 0 aliphatic heterocycles. The van der Waals surface area contributed by atoms with Crippen LogP contribution in [-0.2, 0) is 9.47 Å². The van der Waals surface area contributed by atoms with E-state index in [0.717, 1.165) is 31.2 Å². The first kappa shape index (κ1) is 18.5. The van der Waals surface area contributed by atoms with Crippen molar-refractivity contribution in [3.63, 3.8) is 0 Å². The highest BCUT2D eigenvalue weighted by Gasteiger charge is 2.17. The van der Waals surface area contributed by atoms with Gasteiger partial charge < -0.3 is 9.47 Å². The fourth-order valence-electron chi connectivity index (χ4n) is 2.34. The zero-order chi connectivity index (χ0) is 16.0. The van der Waals surface area contributed by atoms with Crippen LogP contribution >= 0.6 is 0 Å². The standard InChI is InChI=1S/C19H30O3/c1-3-5-7-8-12-15-18(17-13-10-9-11-14-17)22-19(20)21-16-6-4-2/h9-11,13-14,18H,3-8,12,15-16H2,1-2H3. The molecule has 0 aromatic heterocycles. The average molecular weight is 306 g/mol. The molecule has 0 amide bonds. The molecule has 1 unspecified atom stereocenters. The van der Waals surface area contributed by atoms with E-state index in [0.29, 0.717) is 6.61 Å². The quantitative estimate of drug-likeness (QED) is 0.369. The molecule has 0 aliphatic carbocycles. The van der Waals surface area contributed by atoms with Crippen molar-refractivity contribution in [1.29, 1.82) is 0 Å². The lowest BCUT2D eigenvalue weighted by atomic mass is 10.0. The third-order valence-electron chi connectivity index (χ3n) is 3.70. The number of hydrogen-bond donors (Lipinski definition) is 0. The Balaban J connectivity index is 2.46. The monoisotopic (exact) mass is 306 g/mol. The van der Waals surface area contributed by atoms with Gasteiger partial charge in [0.25, 0.3) is 0 Å². The summed E-state index contributed by atoms with van der Waals surface area (Å²) in [6, 6.07) is 9.95.